The van der Waals surface area contributed by atoms with E-state index >= 15 is 0 Å². The summed E-state index contributed by atoms with van der Waals surface area (Å²) in [5.74, 6) is 2.87. The molecule has 2 fully saturated rings. The van der Waals surface area contributed by atoms with Gasteiger partial charge in [-0.1, -0.05) is 31.9 Å². The van der Waals surface area contributed by atoms with Crippen molar-refractivity contribution in [3.8, 4) is 0 Å². The summed E-state index contributed by atoms with van der Waals surface area (Å²) in [7, 11) is 0. The van der Waals surface area contributed by atoms with E-state index in [2.05, 4.69) is 19.9 Å². The van der Waals surface area contributed by atoms with E-state index in [-0.39, 0.29) is 0 Å². The second kappa shape index (κ2) is 4.24. The van der Waals surface area contributed by atoms with E-state index in [9.17, 15) is 0 Å². The van der Waals surface area contributed by atoms with Crippen LogP contribution in [-0.4, -0.2) is 0 Å². The van der Waals surface area contributed by atoms with E-state index in [1.54, 1.807) is 5.57 Å². The van der Waals surface area contributed by atoms with Crippen molar-refractivity contribution >= 4 is 0 Å². The van der Waals surface area contributed by atoms with Crippen molar-refractivity contribution in [2.24, 2.45) is 23.2 Å². The van der Waals surface area contributed by atoms with Crippen LogP contribution in [0, 0.1) is 23.2 Å². The summed E-state index contributed by atoms with van der Waals surface area (Å²) in [5.41, 5.74) is 6.21. The van der Waals surface area contributed by atoms with Gasteiger partial charge in [0.1, 0.15) is 0 Å². The lowest BCUT2D eigenvalue weighted by atomic mass is 9.55. The van der Waals surface area contributed by atoms with E-state index in [0.29, 0.717) is 5.41 Å². The van der Waals surface area contributed by atoms with Gasteiger partial charge < -0.3 is 0 Å². The number of rotatable bonds is 0. The third-order valence-corrected chi connectivity index (χ3v) is 6.91. The Balaban J connectivity index is 1.79. The maximum absolute atomic E-state index is 2.60. The molecule has 0 bridgehead atoms. The SMILES string of the molecule is C[C@@H]1CC2=CCCCC2=C2CC[C@]3(C)CCC[C@H]3[C@@H]21. The monoisotopic (exact) mass is 256 g/mol. The Morgan fingerprint density at radius 1 is 1.16 bits per heavy atom. The van der Waals surface area contributed by atoms with Crippen molar-refractivity contribution in [2.75, 3.05) is 0 Å². The molecule has 0 unspecified atom stereocenters. The number of hydrogen-bond acceptors (Lipinski definition) is 0. The molecule has 0 heteroatoms. The van der Waals surface area contributed by atoms with Gasteiger partial charge in [0.15, 0.2) is 0 Å². The molecule has 0 N–H and O–H groups in total. The molecular formula is C19H28. The molecule has 104 valence electrons. The largest absolute Gasteiger partial charge is 0.0810 e. The highest BCUT2D eigenvalue weighted by Gasteiger charge is 2.50. The second-order valence-electron chi connectivity index (χ2n) is 7.99. The average molecular weight is 256 g/mol. The first-order chi connectivity index (χ1) is 9.19. The van der Waals surface area contributed by atoms with Crippen molar-refractivity contribution in [3.63, 3.8) is 0 Å². The fraction of sp³-hybridized carbons (Fsp3) is 0.789. The Labute approximate surface area is 118 Å². The molecule has 0 aliphatic heterocycles. The van der Waals surface area contributed by atoms with Crippen molar-refractivity contribution in [3.05, 3.63) is 22.8 Å². The van der Waals surface area contributed by atoms with Crippen molar-refractivity contribution in [1.29, 1.82) is 0 Å². The van der Waals surface area contributed by atoms with Crippen LogP contribution in [0.5, 0.6) is 0 Å². The van der Waals surface area contributed by atoms with E-state index < -0.39 is 0 Å². The fourth-order valence-electron chi connectivity index (χ4n) is 5.99. The van der Waals surface area contributed by atoms with Gasteiger partial charge in [-0.25, -0.2) is 0 Å². The minimum absolute atomic E-state index is 0.693. The molecule has 0 aromatic heterocycles. The molecule has 0 amide bonds. The maximum Gasteiger partial charge on any atom is -0.0135 e. The summed E-state index contributed by atoms with van der Waals surface area (Å²) in [6, 6.07) is 0. The summed E-state index contributed by atoms with van der Waals surface area (Å²) in [4.78, 5) is 0. The Hall–Kier alpha value is -0.520. The number of hydrogen-bond donors (Lipinski definition) is 0. The topological polar surface area (TPSA) is 0 Å². The van der Waals surface area contributed by atoms with E-state index in [4.69, 9.17) is 0 Å². The van der Waals surface area contributed by atoms with Crippen molar-refractivity contribution in [1.82, 2.24) is 0 Å². The highest BCUT2D eigenvalue weighted by molar-refractivity contribution is 5.43. The zero-order chi connectivity index (χ0) is 13.0. The summed E-state index contributed by atoms with van der Waals surface area (Å²) in [6.45, 7) is 5.14. The third-order valence-electron chi connectivity index (χ3n) is 6.91. The van der Waals surface area contributed by atoms with Crippen LogP contribution in [0.3, 0.4) is 0 Å². The average Bonchev–Trinajstić information content (AvgIpc) is 2.80. The summed E-state index contributed by atoms with van der Waals surface area (Å²) < 4.78 is 0. The van der Waals surface area contributed by atoms with E-state index in [1.807, 2.05) is 11.1 Å². The summed E-state index contributed by atoms with van der Waals surface area (Å²) >= 11 is 0. The highest BCUT2D eigenvalue weighted by atomic mass is 14.5. The minimum atomic E-state index is 0.693. The molecule has 0 aromatic rings. The third kappa shape index (κ3) is 1.71. The van der Waals surface area contributed by atoms with E-state index in [0.717, 1.165) is 17.8 Å². The van der Waals surface area contributed by atoms with Crippen LogP contribution in [0.15, 0.2) is 22.8 Å². The zero-order valence-corrected chi connectivity index (χ0v) is 12.7. The molecule has 4 aliphatic rings. The van der Waals surface area contributed by atoms with Gasteiger partial charge >= 0.3 is 0 Å². The second-order valence-corrected chi connectivity index (χ2v) is 7.99. The zero-order valence-electron chi connectivity index (χ0n) is 12.7. The van der Waals surface area contributed by atoms with Crippen LogP contribution in [-0.2, 0) is 0 Å². The lowest BCUT2D eigenvalue weighted by molar-refractivity contribution is 0.0914. The molecule has 0 spiro atoms. The van der Waals surface area contributed by atoms with Crippen LogP contribution in [0.2, 0.25) is 0 Å². The van der Waals surface area contributed by atoms with Crippen molar-refractivity contribution < 1.29 is 0 Å². The van der Waals surface area contributed by atoms with Gasteiger partial charge in [0.05, 0.1) is 0 Å². The number of allylic oxidation sites excluding steroid dienone is 4. The first-order valence-corrected chi connectivity index (χ1v) is 8.60. The van der Waals surface area contributed by atoms with Crippen LogP contribution in [0.25, 0.3) is 0 Å². The highest BCUT2D eigenvalue weighted by Crippen LogP contribution is 2.61. The van der Waals surface area contributed by atoms with Gasteiger partial charge in [0.2, 0.25) is 0 Å². The van der Waals surface area contributed by atoms with Crippen LogP contribution in [0.1, 0.15) is 71.6 Å². The predicted octanol–water partition coefficient (Wildman–Crippen LogP) is 5.65. The van der Waals surface area contributed by atoms with Crippen LogP contribution >= 0.6 is 0 Å². The smallest absolute Gasteiger partial charge is 0.0135 e. The standard InChI is InChI=1S/C19H28/c1-13-12-14-6-3-4-7-15(14)16-9-11-19(2)10-5-8-17(19)18(13)16/h6,13,17-18H,3-5,7-12H2,1-2H3/t13-,17+,18-,19+/m1/s1. The molecule has 4 aliphatic carbocycles. The molecule has 4 rings (SSSR count). The van der Waals surface area contributed by atoms with Gasteiger partial charge in [-0.05, 0) is 85.7 Å². The maximum atomic E-state index is 2.60. The first kappa shape index (κ1) is 12.2. The molecule has 0 radical (unpaired) electrons. The molecule has 0 saturated heterocycles. The van der Waals surface area contributed by atoms with Gasteiger partial charge in [-0.2, -0.15) is 0 Å². The molecule has 0 aromatic carbocycles. The first-order valence-electron chi connectivity index (χ1n) is 8.60. The Bertz CT molecular complexity index is 453. The van der Waals surface area contributed by atoms with Crippen molar-refractivity contribution in [2.45, 2.75) is 71.6 Å². The van der Waals surface area contributed by atoms with Gasteiger partial charge in [0, 0.05) is 0 Å². The molecular weight excluding hydrogens is 228 g/mol. The molecule has 0 heterocycles. The molecule has 19 heavy (non-hydrogen) atoms. The fourth-order valence-corrected chi connectivity index (χ4v) is 5.99. The van der Waals surface area contributed by atoms with Gasteiger partial charge in [-0.15, -0.1) is 0 Å². The summed E-state index contributed by atoms with van der Waals surface area (Å²) in [6.07, 6.45) is 15.5. The van der Waals surface area contributed by atoms with E-state index in [1.165, 1.54) is 57.8 Å². The Kier molecular flexibility index (Phi) is 2.73. The van der Waals surface area contributed by atoms with Gasteiger partial charge in [0.25, 0.3) is 0 Å². The lowest BCUT2D eigenvalue weighted by Crippen LogP contribution is -2.40. The number of fused-ring (bicyclic) bond motifs is 4. The van der Waals surface area contributed by atoms with Gasteiger partial charge in [-0.3, -0.25) is 0 Å². The quantitative estimate of drug-likeness (QED) is 0.525. The lowest BCUT2D eigenvalue weighted by Gasteiger charge is -2.50. The predicted molar refractivity (Wildman–Crippen MR) is 80.9 cm³/mol. The summed E-state index contributed by atoms with van der Waals surface area (Å²) in [5, 5.41) is 0. The minimum Gasteiger partial charge on any atom is -0.0810 e. The Morgan fingerprint density at radius 2 is 2.05 bits per heavy atom. The normalized spacial score (nSPS) is 45.4. The Morgan fingerprint density at radius 3 is 2.95 bits per heavy atom. The molecule has 2 saturated carbocycles. The molecule has 4 atom stereocenters. The van der Waals surface area contributed by atoms with Crippen LogP contribution < -0.4 is 0 Å². The molecule has 0 nitrogen and oxygen atoms in total. The van der Waals surface area contributed by atoms with Crippen LogP contribution in [0.4, 0.5) is 0 Å².